The molecule has 0 saturated carbocycles. The van der Waals surface area contributed by atoms with Crippen LogP contribution in [0.4, 0.5) is 0 Å². The van der Waals surface area contributed by atoms with Crippen LogP contribution in [0.3, 0.4) is 0 Å². The number of rotatable bonds is 12. The van der Waals surface area contributed by atoms with Crippen molar-refractivity contribution in [3.05, 3.63) is 132 Å². The summed E-state index contributed by atoms with van der Waals surface area (Å²) in [5, 5.41) is 0. The van der Waals surface area contributed by atoms with Gasteiger partial charge in [0.15, 0.2) is 0 Å². The normalized spacial score (nSPS) is 12.9. The van der Waals surface area contributed by atoms with Gasteiger partial charge in [0.2, 0.25) is 0 Å². The molecule has 3 rings (SSSR count). The number of carbonyl (C=O) groups is 1. The van der Waals surface area contributed by atoms with Crippen molar-refractivity contribution < 1.29 is 19.0 Å². The molecule has 2 atom stereocenters. The van der Waals surface area contributed by atoms with Gasteiger partial charge in [-0.2, -0.15) is 0 Å². The van der Waals surface area contributed by atoms with Crippen LogP contribution in [0.15, 0.2) is 116 Å². The summed E-state index contributed by atoms with van der Waals surface area (Å²) in [6.07, 6.45) is 4.63. The Morgan fingerprint density at radius 2 is 1.25 bits per heavy atom. The highest BCUT2D eigenvalue weighted by molar-refractivity contribution is 5.89. The van der Waals surface area contributed by atoms with Crippen LogP contribution in [0.5, 0.6) is 0 Å². The summed E-state index contributed by atoms with van der Waals surface area (Å²) in [6.45, 7) is 4.93. The number of hydrogen-bond donors (Lipinski definition) is 0. The van der Waals surface area contributed by atoms with Crippen LogP contribution >= 0.6 is 0 Å². The van der Waals surface area contributed by atoms with Crippen LogP contribution in [-0.2, 0) is 27.4 Å². The molecule has 3 aromatic carbocycles. The van der Waals surface area contributed by atoms with Crippen LogP contribution in [0.2, 0.25) is 0 Å². The van der Waals surface area contributed by atoms with Crippen molar-refractivity contribution in [3.8, 4) is 0 Å². The van der Waals surface area contributed by atoms with E-state index in [0.29, 0.717) is 18.8 Å². The Morgan fingerprint density at radius 1 is 0.750 bits per heavy atom. The Labute approximate surface area is 189 Å². The summed E-state index contributed by atoms with van der Waals surface area (Å²) < 4.78 is 17.5. The van der Waals surface area contributed by atoms with E-state index in [4.69, 9.17) is 14.2 Å². The van der Waals surface area contributed by atoms with Crippen molar-refractivity contribution in [1.29, 1.82) is 0 Å². The van der Waals surface area contributed by atoms with E-state index in [2.05, 4.69) is 6.58 Å². The minimum Gasteiger partial charge on any atom is -0.458 e. The number of hydrogen-bond acceptors (Lipinski definition) is 4. The van der Waals surface area contributed by atoms with Gasteiger partial charge in [0.05, 0.1) is 18.8 Å². The van der Waals surface area contributed by atoms with Crippen molar-refractivity contribution in [2.75, 3.05) is 6.61 Å². The molecule has 3 aromatic rings. The SMILES string of the molecule is C=CC(OCc1ccccc1)C(C=CCOC(=O)c1ccccc1)OCc1ccccc1. The molecule has 0 fully saturated rings. The molecule has 2 unspecified atom stereocenters. The third-order valence-corrected chi connectivity index (χ3v) is 4.77. The van der Waals surface area contributed by atoms with Crippen molar-refractivity contribution in [2.24, 2.45) is 0 Å². The number of ether oxygens (including phenoxy) is 3. The van der Waals surface area contributed by atoms with E-state index in [1.165, 1.54) is 0 Å². The molecular formula is C28H28O4. The maximum absolute atomic E-state index is 12.1. The molecular weight excluding hydrogens is 400 g/mol. The number of benzene rings is 3. The topological polar surface area (TPSA) is 44.8 Å². The second kappa shape index (κ2) is 13.1. The molecule has 0 amide bonds. The maximum atomic E-state index is 12.1. The van der Waals surface area contributed by atoms with Gasteiger partial charge in [0, 0.05) is 0 Å². The minimum absolute atomic E-state index is 0.140. The molecule has 0 aliphatic carbocycles. The summed E-state index contributed by atoms with van der Waals surface area (Å²) in [7, 11) is 0. The quantitative estimate of drug-likeness (QED) is 0.272. The Hall–Kier alpha value is -3.47. The lowest BCUT2D eigenvalue weighted by molar-refractivity contribution is -0.0421. The van der Waals surface area contributed by atoms with E-state index in [1.807, 2.05) is 72.8 Å². The lowest BCUT2D eigenvalue weighted by Crippen LogP contribution is -2.28. The van der Waals surface area contributed by atoms with Gasteiger partial charge in [-0.1, -0.05) is 91.0 Å². The molecule has 0 saturated heterocycles. The summed E-state index contributed by atoms with van der Waals surface area (Å²) in [5.74, 6) is -0.363. The zero-order chi connectivity index (χ0) is 22.4. The zero-order valence-corrected chi connectivity index (χ0v) is 18.0. The smallest absolute Gasteiger partial charge is 0.338 e. The molecule has 0 N–H and O–H groups in total. The molecule has 0 bridgehead atoms. The van der Waals surface area contributed by atoms with Gasteiger partial charge < -0.3 is 14.2 Å². The summed E-state index contributed by atoms with van der Waals surface area (Å²) in [5.41, 5.74) is 2.65. The van der Waals surface area contributed by atoms with E-state index < -0.39 is 0 Å². The second-order valence-corrected chi connectivity index (χ2v) is 7.15. The first kappa shape index (κ1) is 23.2. The summed E-state index contributed by atoms with van der Waals surface area (Å²) >= 11 is 0. The fourth-order valence-electron chi connectivity index (χ4n) is 3.06. The van der Waals surface area contributed by atoms with Crippen LogP contribution < -0.4 is 0 Å². The number of esters is 1. The standard InChI is InChI=1S/C28H28O4/c1-2-26(31-21-23-13-6-3-7-14-23)27(32-22-24-15-8-4-9-16-24)19-12-20-30-28(29)25-17-10-5-11-18-25/h2-19,26-27H,1,20-22H2. The van der Waals surface area contributed by atoms with Crippen molar-refractivity contribution in [2.45, 2.75) is 25.4 Å². The van der Waals surface area contributed by atoms with Crippen LogP contribution in [-0.4, -0.2) is 24.8 Å². The van der Waals surface area contributed by atoms with Gasteiger partial charge in [-0.15, -0.1) is 6.58 Å². The third-order valence-electron chi connectivity index (χ3n) is 4.77. The molecule has 0 aromatic heterocycles. The molecule has 0 heterocycles. The predicted molar refractivity (Wildman–Crippen MR) is 126 cm³/mol. The van der Waals surface area contributed by atoms with Gasteiger partial charge in [-0.05, 0) is 29.3 Å². The molecule has 4 heteroatoms. The van der Waals surface area contributed by atoms with E-state index in [-0.39, 0.29) is 24.8 Å². The first-order chi connectivity index (χ1) is 15.8. The highest BCUT2D eigenvalue weighted by atomic mass is 16.5. The van der Waals surface area contributed by atoms with Gasteiger partial charge in [0.1, 0.15) is 18.8 Å². The second-order valence-electron chi connectivity index (χ2n) is 7.15. The fourth-order valence-corrected chi connectivity index (χ4v) is 3.06. The summed E-state index contributed by atoms with van der Waals surface area (Å²) in [4.78, 5) is 12.1. The maximum Gasteiger partial charge on any atom is 0.338 e. The van der Waals surface area contributed by atoms with Crippen LogP contribution in [0.25, 0.3) is 0 Å². The highest BCUT2D eigenvalue weighted by Crippen LogP contribution is 2.14. The highest BCUT2D eigenvalue weighted by Gasteiger charge is 2.18. The largest absolute Gasteiger partial charge is 0.458 e. The van der Waals surface area contributed by atoms with Crippen molar-refractivity contribution >= 4 is 5.97 Å². The molecule has 0 aliphatic rings. The van der Waals surface area contributed by atoms with E-state index in [1.54, 1.807) is 36.4 Å². The fraction of sp³-hybridized carbons (Fsp3) is 0.179. The summed E-state index contributed by atoms with van der Waals surface area (Å²) in [6, 6.07) is 28.8. The van der Waals surface area contributed by atoms with Crippen LogP contribution in [0, 0.1) is 0 Å². The van der Waals surface area contributed by atoms with E-state index in [0.717, 1.165) is 11.1 Å². The van der Waals surface area contributed by atoms with Gasteiger partial charge in [0.25, 0.3) is 0 Å². The average molecular weight is 429 g/mol. The molecule has 0 radical (unpaired) electrons. The Bertz CT molecular complexity index is 968. The third kappa shape index (κ3) is 7.65. The molecule has 4 nitrogen and oxygen atoms in total. The van der Waals surface area contributed by atoms with E-state index in [9.17, 15) is 4.79 Å². The average Bonchev–Trinajstić information content (AvgIpc) is 2.86. The first-order valence-electron chi connectivity index (χ1n) is 10.6. The Kier molecular flexibility index (Phi) is 9.46. The van der Waals surface area contributed by atoms with Crippen LogP contribution in [0.1, 0.15) is 21.5 Å². The molecule has 0 spiro atoms. The zero-order valence-electron chi connectivity index (χ0n) is 18.0. The van der Waals surface area contributed by atoms with Gasteiger partial charge in [-0.25, -0.2) is 4.79 Å². The minimum atomic E-state index is -0.383. The predicted octanol–water partition coefficient (Wildman–Crippen LogP) is 5.76. The Balaban J connectivity index is 1.61. The van der Waals surface area contributed by atoms with Crippen molar-refractivity contribution in [1.82, 2.24) is 0 Å². The van der Waals surface area contributed by atoms with E-state index >= 15 is 0 Å². The lowest BCUT2D eigenvalue weighted by atomic mass is 10.1. The number of carbonyl (C=O) groups excluding carboxylic acids is 1. The molecule has 164 valence electrons. The van der Waals surface area contributed by atoms with Gasteiger partial charge in [-0.3, -0.25) is 0 Å². The van der Waals surface area contributed by atoms with Gasteiger partial charge >= 0.3 is 5.97 Å². The van der Waals surface area contributed by atoms with Crippen molar-refractivity contribution in [3.63, 3.8) is 0 Å². The molecule has 0 aliphatic heterocycles. The lowest BCUT2D eigenvalue weighted by Gasteiger charge is -2.23. The molecule has 32 heavy (non-hydrogen) atoms. The first-order valence-corrected chi connectivity index (χ1v) is 10.6. The Morgan fingerprint density at radius 3 is 1.78 bits per heavy atom. The monoisotopic (exact) mass is 428 g/mol.